The Morgan fingerprint density at radius 2 is 2.22 bits per heavy atom. The van der Waals surface area contributed by atoms with E-state index in [-0.39, 0.29) is 11.9 Å². The Hall–Kier alpha value is -1.86. The van der Waals surface area contributed by atoms with Gasteiger partial charge in [0.1, 0.15) is 0 Å². The van der Waals surface area contributed by atoms with E-state index in [4.69, 9.17) is 0 Å². The van der Waals surface area contributed by atoms with Crippen molar-refractivity contribution in [1.29, 1.82) is 0 Å². The topological polar surface area (TPSA) is 79.8 Å². The molecular formula is C11H11N5OS. The number of nitrogens with zero attached hydrogens (tertiary/aromatic N) is 3. The molecule has 1 amide bonds. The minimum absolute atomic E-state index is 0.0944. The summed E-state index contributed by atoms with van der Waals surface area (Å²) in [7, 11) is 0. The number of benzene rings is 1. The van der Waals surface area contributed by atoms with Crippen molar-refractivity contribution in [2.45, 2.75) is 19.0 Å². The van der Waals surface area contributed by atoms with Crippen LogP contribution >= 0.6 is 11.5 Å². The second kappa shape index (κ2) is 4.79. The van der Waals surface area contributed by atoms with E-state index in [9.17, 15) is 4.79 Å². The Morgan fingerprint density at radius 1 is 1.39 bits per heavy atom. The smallest absolute Gasteiger partial charge is 0.243 e. The fourth-order valence-electron chi connectivity index (χ4n) is 2.01. The van der Waals surface area contributed by atoms with Gasteiger partial charge in [-0.2, -0.15) is 0 Å². The largest absolute Gasteiger partial charge is 0.301 e. The lowest BCUT2D eigenvalue weighted by atomic mass is 9.95. The van der Waals surface area contributed by atoms with Gasteiger partial charge in [-0.15, -0.1) is 0 Å². The number of rotatable bonds is 2. The summed E-state index contributed by atoms with van der Waals surface area (Å²) in [5, 5.41) is 13.5. The van der Waals surface area contributed by atoms with Crippen LogP contribution in [-0.2, 0) is 17.8 Å². The lowest BCUT2D eigenvalue weighted by Crippen LogP contribution is -2.44. The Kier molecular flexibility index (Phi) is 2.99. The van der Waals surface area contributed by atoms with E-state index in [2.05, 4.69) is 37.6 Å². The molecule has 0 radical (unpaired) electrons. The van der Waals surface area contributed by atoms with E-state index in [0.29, 0.717) is 18.1 Å². The molecule has 0 fully saturated rings. The van der Waals surface area contributed by atoms with Gasteiger partial charge in [0.2, 0.25) is 11.0 Å². The predicted octanol–water partition coefficient (Wildman–Crippen LogP) is 0.586. The molecule has 6 nitrogen and oxygen atoms in total. The summed E-state index contributed by atoms with van der Waals surface area (Å²) in [5.41, 5.74) is 2.46. The van der Waals surface area contributed by atoms with Crippen molar-refractivity contribution in [3.8, 4) is 0 Å². The number of carbonyl (C=O) groups excluding carboxylic acids is 1. The maximum absolute atomic E-state index is 12.0. The lowest BCUT2D eigenvalue weighted by Gasteiger charge is -2.24. The maximum Gasteiger partial charge on any atom is 0.243 e. The van der Waals surface area contributed by atoms with Crippen LogP contribution in [0.4, 0.5) is 5.13 Å². The molecule has 1 aromatic heterocycles. The summed E-state index contributed by atoms with van der Waals surface area (Å²) >= 11 is 1.07. The molecule has 0 unspecified atom stereocenters. The summed E-state index contributed by atoms with van der Waals surface area (Å²) < 4.78 is 3.60. The molecule has 3 rings (SSSR count). The molecule has 0 aliphatic carbocycles. The molecule has 1 aliphatic heterocycles. The first kappa shape index (κ1) is 11.2. The van der Waals surface area contributed by atoms with Gasteiger partial charge in [0.05, 0.1) is 6.04 Å². The summed E-state index contributed by atoms with van der Waals surface area (Å²) in [5.74, 6) is -0.0944. The number of nitrogens with one attached hydrogen (secondary N) is 2. The zero-order valence-electron chi connectivity index (χ0n) is 9.46. The SMILES string of the molecule is O=C(Nc1nnns1)[C@H]1Cc2ccccc2CN1. The highest BCUT2D eigenvalue weighted by molar-refractivity contribution is 7.09. The second-order valence-electron chi connectivity index (χ2n) is 4.06. The Labute approximate surface area is 108 Å². The molecule has 0 spiro atoms. The lowest BCUT2D eigenvalue weighted by molar-refractivity contribution is -0.118. The summed E-state index contributed by atoms with van der Waals surface area (Å²) in [6.45, 7) is 0.711. The Bertz CT molecular complexity index is 556. The zero-order chi connectivity index (χ0) is 12.4. The van der Waals surface area contributed by atoms with Gasteiger partial charge in [-0.3, -0.25) is 10.1 Å². The molecule has 92 valence electrons. The predicted molar refractivity (Wildman–Crippen MR) is 67.1 cm³/mol. The van der Waals surface area contributed by atoms with Crippen molar-refractivity contribution in [2.75, 3.05) is 5.32 Å². The molecule has 1 aliphatic rings. The molecule has 1 aromatic carbocycles. The van der Waals surface area contributed by atoms with Gasteiger partial charge in [0, 0.05) is 18.1 Å². The standard InChI is InChI=1S/C11H11N5OS/c17-10(13-11-14-15-16-18-11)9-5-7-3-1-2-4-8(7)6-12-9/h1-4,9,12H,5-6H2,(H,13,14,16,17)/t9-/m1/s1. The molecule has 7 heteroatoms. The molecule has 18 heavy (non-hydrogen) atoms. The van der Waals surface area contributed by atoms with Gasteiger partial charge in [-0.25, -0.2) is 0 Å². The fourth-order valence-corrected chi connectivity index (χ4v) is 2.38. The molecule has 2 N–H and O–H groups in total. The van der Waals surface area contributed by atoms with Crippen LogP contribution in [0.5, 0.6) is 0 Å². The average Bonchev–Trinajstić information content (AvgIpc) is 2.91. The quantitative estimate of drug-likeness (QED) is 0.827. The minimum Gasteiger partial charge on any atom is -0.301 e. The molecule has 2 heterocycles. The highest BCUT2D eigenvalue weighted by atomic mass is 32.1. The number of fused-ring (bicyclic) bond motifs is 1. The first-order valence-corrected chi connectivity index (χ1v) is 6.36. The van der Waals surface area contributed by atoms with Gasteiger partial charge in [-0.1, -0.05) is 33.9 Å². The van der Waals surface area contributed by atoms with E-state index >= 15 is 0 Å². The summed E-state index contributed by atoms with van der Waals surface area (Å²) in [6, 6.07) is 7.90. The van der Waals surface area contributed by atoms with Gasteiger partial charge < -0.3 is 5.32 Å². The van der Waals surface area contributed by atoms with Crippen LogP contribution in [0.15, 0.2) is 24.3 Å². The molecule has 0 bridgehead atoms. The van der Waals surface area contributed by atoms with Crippen molar-refractivity contribution >= 4 is 22.6 Å². The summed E-state index contributed by atoms with van der Waals surface area (Å²) in [6.07, 6.45) is 0.689. The first-order valence-electron chi connectivity index (χ1n) is 5.59. The molecule has 0 saturated heterocycles. The fraction of sp³-hybridized carbons (Fsp3) is 0.273. The van der Waals surface area contributed by atoms with Gasteiger partial charge in [0.15, 0.2) is 0 Å². The number of amides is 1. The van der Waals surface area contributed by atoms with Crippen LogP contribution in [0.1, 0.15) is 11.1 Å². The molecule has 1 atom stereocenters. The minimum atomic E-state index is -0.233. The van der Waals surface area contributed by atoms with Crippen molar-refractivity contribution in [3.05, 3.63) is 35.4 Å². The van der Waals surface area contributed by atoms with Gasteiger partial charge >= 0.3 is 0 Å². The molecule has 0 saturated carbocycles. The first-order chi connectivity index (χ1) is 8.83. The number of carbonyl (C=O) groups is 1. The number of hydrogen-bond acceptors (Lipinski definition) is 6. The van der Waals surface area contributed by atoms with E-state index in [1.54, 1.807) is 0 Å². The average molecular weight is 261 g/mol. The van der Waals surface area contributed by atoms with Crippen molar-refractivity contribution in [3.63, 3.8) is 0 Å². The van der Waals surface area contributed by atoms with Crippen LogP contribution in [-0.4, -0.2) is 26.7 Å². The van der Waals surface area contributed by atoms with Crippen LogP contribution in [0.3, 0.4) is 0 Å². The highest BCUT2D eigenvalue weighted by Gasteiger charge is 2.24. The monoisotopic (exact) mass is 261 g/mol. The third-order valence-electron chi connectivity index (χ3n) is 2.93. The van der Waals surface area contributed by atoms with Crippen LogP contribution in [0, 0.1) is 0 Å². The van der Waals surface area contributed by atoms with E-state index in [1.165, 1.54) is 11.1 Å². The normalized spacial score (nSPS) is 18.1. The van der Waals surface area contributed by atoms with E-state index < -0.39 is 0 Å². The van der Waals surface area contributed by atoms with Gasteiger partial charge in [0.25, 0.3) is 0 Å². The van der Waals surface area contributed by atoms with Crippen molar-refractivity contribution < 1.29 is 4.79 Å². The van der Waals surface area contributed by atoms with E-state index in [1.807, 2.05) is 12.1 Å². The number of hydrogen-bond donors (Lipinski definition) is 2. The zero-order valence-corrected chi connectivity index (χ0v) is 10.3. The third kappa shape index (κ3) is 2.22. The molecule has 2 aromatic rings. The van der Waals surface area contributed by atoms with Crippen molar-refractivity contribution in [2.24, 2.45) is 0 Å². The second-order valence-corrected chi connectivity index (χ2v) is 4.80. The van der Waals surface area contributed by atoms with E-state index in [0.717, 1.165) is 11.5 Å². The molecular weight excluding hydrogens is 250 g/mol. The number of anilines is 1. The maximum atomic E-state index is 12.0. The van der Waals surface area contributed by atoms with Crippen LogP contribution in [0.2, 0.25) is 0 Å². The van der Waals surface area contributed by atoms with Gasteiger partial charge in [-0.05, 0) is 22.8 Å². The third-order valence-corrected chi connectivity index (χ3v) is 3.44. The summed E-state index contributed by atoms with van der Waals surface area (Å²) in [4.78, 5) is 12.0. The Morgan fingerprint density at radius 3 is 3.00 bits per heavy atom. The highest BCUT2D eigenvalue weighted by Crippen LogP contribution is 2.17. The Balaban J connectivity index is 1.70. The van der Waals surface area contributed by atoms with Crippen LogP contribution < -0.4 is 10.6 Å². The number of aromatic nitrogens is 3. The van der Waals surface area contributed by atoms with Crippen molar-refractivity contribution in [1.82, 2.24) is 20.1 Å². The van der Waals surface area contributed by atoms with Crippen LogP contribution in [0.25, 0.3) is 0 Å².